The summed E-state index contributed by atoms with van der Waals surface area (Å²) in [5, 5.41) is 3.47. The lowest BCUT2D eigenvalue weighted by Gasteiger charge is -1.91. The van der Waals surface area contributed by atoms with Gasteiger partial charge in [0.25, 0.3) is 0 Å². The summed E-state index contributed by atoms with van der Waals surface area (Å²) in [6, 6.07) is 11.0. The van der Waals surface area contributed by atoms with Crippen molar-refractivity contribution in [3.63, 3.8) is 0 Å². The lowest BCUT2D eigenvalue weighted by Crippen LogP contribution is -1.72. The predicted octanol–water partition coefficient (Wildman–Crippen LogP) is 4.51. The van der Waals surface area contributed by atoms with Crippen molar-refractivity contribution in [2.45, 2.75) is 13.8 Å². The maximum absolute atomic E-state index is 3.48. The molecule has 1 nitrogen and oxygen atoms in total. The molecule has 0 spiro atoms. The third-order valence-electron chi connectivity index (χ3n) is 2.77. The number of rotatable bonds is 1. The average molecular weight is 227 g/mol. The van der Waals surface area contributed by atoms with Crippen LogP contribution in [-0.2, 0) is 0 Å². The number of fused-ring (bicyclic) bond motifs is 1. The van der Waals surface area contributed by atoms with Crippen LogP contribution in [0.4, 0.5) is 0 Å². The molecule has 0 saturated carbocycles. The molecule has 0 aliphatic rings. The Morgan fingerprint density at radius 3 is 2.62 bits per heavy atom. The Balaban J connectivity index is 2.18. The van der Waals surface area contributed by atoms with Crippen LogP contribution in [0, 0.1) is 13.8 Å². The molecule has 2 heterocycles. The molecule has 3 rings (SSSR count). The molecular weight excluding hydrogens is 214 g/mol. The number of hydrogen-bond acceptors (Lipinski definition) is 1. The molecule has 0 saturated heterocycles. The van der Waals surface area contributed by atoms with E-state index in [0.29, 0.717) is 0 Å². The van der Waals surface area contributed by atoms with Crippen molar-refractivity contribution >= 4 is 22.2 Å². The van der Waals surface area contributed by atoms with E-state index in [1.165, 1.54) is 32.6 Å². The zero-order valence-electron chi connectivity index (χ0n) is 9.37. The van der Waals surface area contributed by atoms with Crippen LogP contribution in [0.3, 0.4) is 0 Å². The van der Waals surface area contributed by atoms with Gasteiger partial charge in [-0.1, -0.05) is 12.1 Å². The Morgan fingerprint density at radius 1 is 1.00 bits per heavy atom. The lowest BCUT2D eigenvalue weighted by molar-refractivity contribution is 1.44. The van der Waals surface area contributed by atoms with Gasteiger partial charge >= 0.3 is 0 Å². The number of thiophene rings is 1. The molecule has 1 N–H and O–H groups in total. The van der Waals surface area contributed by atoms with Gasteiger partial charge in [0.05, 0.1) is 10.6 Å². The van der Waals surface area contributed by atoms with Gasteiger partial charge in [0.15, 0.2) is 0 Å². The van der Waals surface area contributed by atoms with E-state index < -0.39 is 0 Å². The maximum atomic E-state index is 3.48. The van der Waals surface area contributed by atoms with Gasteiger partial charge in [0, 0.05) is 10.9 Å². The summed E-state index contributed by atoms with van der Waals surface area (Å²) in [4.78, 5) is 4.79. The summed E-state index contributed by atoms with van der Waals surface area (Å²) in [6.07, 6.45) is 0. The molecule has 0 aliphatic carbocycles. The number of nitrogens with one attached hydrogen (secondary N) is 1. The first-order valence-corrected chi connectivity index (χ1v) is 6.25. The summed E-state index contributed by atoms with van der Waals surface area (Å²) in [5.41, 5.74) is 5.07. The fraction of sp³-hybridized carbons (Fsp3) is 0.143. The van der Waals surface area contributed by atoms with Gasteiger partial charge < -0.3 is 4.98 Å². The quantitative estimate of drug-likeness (QED) is 0.629. The molecule has 0 radical (unpaired) electrons. The Morgan fingerprint density at radius 2 is 1.88 bits per heavy atom. The molecule has 1 aromatic carbocycles. The normalized spacial score (nSPS) is 11.1. The highest BCUT2D eigenvalue weighted by Gasteiger charge is 2.04. The Kier molecular flexibility index (Phi) is 2.11. The molecule has 80 valence electrons. The minimum absolute atomic E-state index is 1.22. The molecule has 3 aromatic rings. The second-order valence-corrected chi connectivity index (χ2v) is 5.17. The zero-order valence-corrected chi connectivity index (χ0v) is 10.2. The van der Waals surface area contributed by atoms with Gasteiger partial charge in [0.2, 0.25) is 0 Å². The van der Waals surface area contributed by atoms with Crippen molar-refractivity contribution in [1.82, 2.24) is 4.98 Å². The second kappa shape index (κ2) is 3.49. The fourth-order valence-corrected chi connectivity index (χ4v) is 2.82. The monoisotopic (exact) mass is 227 g/mol. The maximum Gasteiger partial charge on any atom is 0.0566 e. The first-order chi connectivity index (χ1) is 7.72. The fourth-order valence-electron chi connectivity index (χ4n) is 1.95. The topological polar surface area (TPSA) is 15.8 Å². The van der Waals surface area contributed by atoms with Crippen molar-refractivity contribution in [2.75, 3.05) is 0 Å². The van der Waals surface area contributed by atoms with Crippen LogP contribution in [0.15, 0.2) is 35.7 Å². The van der Waals surface area contributed by atoms with Crippen molar-refractivity contribution in [1.29, 1.82) is 0 Å². The Labute approximate surface area is 98.7 Å². The van der Waals surface area contributed by atoms with Gasteiger partial charge in [-0.05, 0) is 48.6 Å². The van der Waals surface area contributed by atoms with Crippen LogP contribution in [0.1, 0.15) is 11.1 Å². The first kappa shape index (κ1) is 9.67. The van der Waals surface area contributed by atoms with Gasteiger partial charge in [-0.15, -0.1) is 11.3 Å². The molecule has 2 heteroatoms. The summed E-state index contributed by atoms with van der Waals surface area (Å²) in [5.74, 6) is 0. The molecule has 16 heavy (non-hydrogen) atoms. The van der Waals surface area contributed by atoms with Gasteiger partial charge in [-0.2, -0.15) is 0 Å². The van der Waals surface area contributed by atoms with E-state index in [2.05, 4.69) is 54.5 Å². The standard InChI is InChI=1S/C14H13NS/c1-9-3-4-11-7-13(15-12(11)5-9)14-6-10(2)8-16-14/h3-8,15H,1-2H3. The number of aryl methyl sites for hydroxylation is 2. The molecule has 0 unspecified atom stereocenters. The van der Waals surface area contributed by atoms with E-state index in [9.17, 15) is 0 Å². The van der Waals surface area contributed by atoms with Crippen molar-refractivity contribution in [3.05, 3.63) is 46.8 Å². The molecule has 0 fully saturated rings. The lowest BCUT2D eigenvalue weighted by atomic mass is 10.2. The van der Waals surface area contributed by atoms with Crippen LogP contribution in [-0.4, -0.2) is 4.98 Å². The number of aromatic nitrogens is 1. The number of aromatic amines is 1. The SMILES string of the molecule is Cc1csc(-c2cc3ccc(C)cc3[nH]2)c1. The highest BCUT2D eigenvalue weighted by atomic mass is 32.1. The molecule has 2 aromatic heterocycles. The third kappa shape index (κ3) is 1.55. The minimum Gasteiger partial charge on any atom is -0.354 e. The van der Waals surface area contributed by atoms with E-state index in [0.717, 1.165) is 0 Å². The third-order valence-corrected chi connectivity index (χ3v) is 3.86. The van der Waals surface area contributed by atoms with Crippen LogP contribution in [0.25, 0.3) is 21.5 Å². The summed E-state index contributed by atoms with van der Waals surface area (Å²) in [6.45, 7) is 4.25. The van der Waals surface area contributed by atoms with Gasteiger partial charge in [-0.25, -0.2) is 0 Å². The van der Waals surface area contributed by atoms with Crippen molar-refractivity contribution in [3.8, 4) is 10.6 Å². The smallest absolute Gasteiger partial charge is 0.0566 e. The summed E-state index contributed by atoms with van der Waals surface area (Å²) >= 11 is 1.79. The summed E-state index contributed by atoms with van der Waals surface area (Å²) in [7, 11) is 0. The van der Waals surface area contributed by atoms with Crippen molar-refractivity contribution < 1.29 is 0 Å². The molecule has 0 bridgehead atoms. The van der Waals surface area contributed by atoms with Crippen LogP contribution in [0.2, 0.25) is 0 Å². The van der Waals surface area contributed by atoms with E-state index in [1.807, 2.05) is 0 Å². The molecule has 0 amide bonds. The van der Waals surface area contributed by atoms with Crippen LogP contribution >= 0.6 is 11.3 Å². The number of H-pyrrole nitrogens is 1. The largest absolute Gasteiger partial charge is 0.354 e. The molecular formula is C14H13NS. The van der Waals surface area contributed by atoms with Crippen LogP contribution in [0.5, 0.6) is 0 Å². The van der Waals surface area contributed by atoms with Crippen LogP contribution < -0.4 is 0 Å². The predicted molar refractivity (Wildman–Crippen MR) is 71.1 cm³/mol. The number of benzene rings is 1. The number of hydrogen-bond donors (Lipinski definition) is 1. The highest BCUT2D eigenvalue weighted by molar-refractivity contribution is 7.13. The van der Waals surface area contributed by atoms with Gasteiger partial charge in [-0.3, -0.25) is 0 Å². The second-order valence-electron chi connectivity index (χ2n) is 4.26. The van der Waals surface area contributed by atoms with E-state index >= 15 is 0 Å². The average Bonchev–Trinajstić information content (AvgIpc) is 2.83. The van der Waals surface area contributed by atoms with E-state index in [-0.39, 0.29) is 0 Å². The Hall–Kier alpha value is -1.54. The van der Waals surface area contributed by atoms with Gasteiger partial charge in [0.1, 0.15) is 0 Å². The minimum atomic E-state index is 1.22. The molecule has 0 aliphatic heterocycles. The van der Waals surface area contributed by atoms with E-state index in [4.69, 9.17) is 0 Å². The summed E-state index contributed by atoms with van der Waals surface area (Å²) < 4.78 is 0. The van der Waals surface area contributed by atoms with E-state index in [1.54, 1.807) is 11.3 Å². The molecule has 0 atom stereocenters. The highest BCUT2D eigenvalue weighted by Crippen LogP contribution is 2.29. The Bertz CT molecular complexity index is 646. The first-order valence-electron chi connectivity index (χ1n) is 5.37. The zero-order chi connectivity index (χ0) is 11.1. The van der Waals surface area contributed by atoms with Crippen molar-refractivity contribution in [2.24, 2.45) is 0 Å².